The average Bonchev–Trinajstić information content (AvgIpc) is 3.19. The van der Waals surface area contributed by atoms with Crippen LogP contribution in [-0.4, -0.2) is 73.3 Å². The maximum Gasteiger partial charge on any atom is 0.193 e. The van der Waals surface area contributed by atoms with Crippen LogP contribution in [-0.2, 0) is 18.3 Å². The molecule has 6 nitrogen and oxygen atoms in total. The van der Waals surface area contributed by atoms with Crippen molar-refractivity contribution in [1.29, 1.82) is 0 Å². The topological polar surface area (TPSA) is 45.0 Å². The number of aryl methyl sites for hydroxylation is 1. The molecule has 0 aliphatic carbocycles. The lowest BCUT2D eigenvalue weighted by molar-refractivity contribution is 0.0315. The Morgan fingerprint density at radius 3 is 2.79 bits per heavy atom. The van der Waals surface area contributed by atoms with Crippen molar-refractivity contribution in [2.75, 3.05) is 53.0 Å². The Bertz CT molecular complexity index is 527. The molecule has 0 bridgehead atoms. The van der Waals surface area contributed by atoms with E-state index in [1.54, 1.807) is 0 Å². The molecular weight excluding hydrogens is 417 g/mol. The van der Waals surface area contributed by atoms with Gasteiger partial charge in [-0.2, -0.15) is 0 Å². The van der Waals surface area contributed by atoms with E-state index in [0.29, 0.717) is 0 Å². The van der Waals surface area contributed by atoms with Gasteiger partial charge in [-0.05, 0) is 24.5 Å². The molecule has 2 fully saturated rings. The van der Waals surface area contributed by atoms with Crippen LogP contribution in [0, 0.1) is 5.92 Å². The first kappa shape index (κ1) is 19.5. The second kappa shape index (κ2) is 9.62. The van der Waals surface area contributed by atoms with Crippen LogP contribution in [0.25, 0.3) is 0 Å². The molecule has 1 unspecified atom stereocenters. The zero-order valence-corrected chi connectivity index (χ0v) is 17.1. The first-order valence-electron chi connectivity index (χ1n) is 8.62. The maximum absolute atomic E-state index is 5.43. The predicted molar refractivity (Wildman–Crippen MR) is 108 cm³/mol. The molecule has 1 aromatic rings. The number of ether oxygens (including phenoxy) is 1. The van der Waals surface area contributed by atoms with Gasteiger partial charge >= 0.3 is 0 Å². The van der Waals surface area contributed by atoms with Crippen molar-refractivity contribution < 1.29 is 4.74 Å². The fourth-order valence-corrected chi connectivity index (χ4v) is 3.50. The smallest absolute Gasteiger partial charge is 0.193 e. The molecule has 0 radical (unpaired) electrons. The van der Waals surface area contributed by atoms with Crippen LogP contribution in [0.15, 0.2) is 23.3 Å². The highest BCUT2D eigenvalue weighted by atomic mass is 127. The molecule has 3 heterocycles. The second-order valence-electron chi connectivity index (χ2n) is 6.52. The summed E-state index contributed by atoms with van der Waals surface area (Å²) >= 11 is 0. The van der Waals surface area contributed by atoms with Crippen molar-refractivity contribution in [2.45, 2.75) is 13.0 Å². The molecule has 1 N–H and O–H groups in total. The number of nitrogens with zero attached hydrogens (tertiary/aromatic N) is 4. The normalized spacial score (nSPS) is 22.5. The first-order valence-corrected chi connectivity index (χ1v) is 8.62. The van der Waals surface area contributed by atoms with E-state index in [2.05, 4.69) is 50.1 Å². The van der Waals surface area contributed by atoms with E-state index in [1.165, 1.54) is 18.7 Å². The molecule has 136 valence electrons. The van der Waals surface area contributed by atoms with Gasteiger partial charge in [-0.1, -0.05) is 0 Å². The van der Waals surface area contributed by atoms with E-state index < -0.39 is 0 Å². The van der Waals surface area contributed by atoms with Crippen LogP contribution < -0.4 is 5.32 Å². The quantitative estimate of drug-likeness (QED) is 0.431. The van der Waals surface area contributed by atoms with Gasteiger partial charge in [0.2, 0.25) is 0 Å². The zero-order valence-electron chi connectivity index (χ0n) is 14.8. The lowest BCUT2D eigenvalue weighted by Crippen LogP contribution is -2.42. The van der Waals surface area contributed by atoms with Gasteiger partial charge in [0.25, 0.3) is 0 Å². The van der Waals surface area contributed by atoms with Crippen LogP contribution in [0.5, 0.6) is 0 Å². The summed E-state index contributed by atoms with van der Waals surface area (Å²) < 4.78 is 7.58. The number of hydrogen-bond donors (Lipinski definition) is 1. The summed E-state index contributed by atoms with van der Waals surface area (Å²) in [5.74, 6) is 1.76. The molecule has 2 saturated heterocycles. The minimum atomic E-state index is 0. The number of aromatic nitrogens is 1. The number of aliphatic imine (C=N–C) groups is 1. The van der Waals surface area contributed by atoms with Crippen LogP contribution >= 0.6 is 24.0 Å². The Hall–Kier alpha value is -0.800. The Labute approximate surface area is 162 Å². The first-order chi connectivity index (χ1) is 11.3. The monoisotopic (exact) mass is 447 g/mol. The van der Waals surface area contributed by atoms with Gasteiger partial charge in [0.15, 0.2) is 5.96 Å². The highest BCUT2D eigenvalue weighted by Crippen LogP contribution is 2.18. The molecule has 1 atom stereocenters. The fourth-order valence-electron chi connectivity index (χ4n) is 3.50. The SMILES string of the molecule is CN=C(NCc1cccn1C)N1CCC(CN2CCOCC2)C1.I. The van der Waals surface area contributed by atoms with Gasteiger partial charge in [-0.3, -0.25) is 9.89 Å². The third kappa shape index (κ3) is 5.10. The summed E-state index contributed by atoms with van der Waals surface area (Å²) in [6.07, 6.45) is 3.33. The number of likely N-dealkylation sites (tertiary alicyclic amines) is 1. The lowest BCUT2D eigenvalue weighted by atomic mass is 10.1. The highest BCUT2D eigenvalue weighted by Gasteiger charge is 2.27. The molecule has 0 saturated carbocycles. The van der Waals surface area contributed by atoms with Gasteiger partial charge in [0.05, 0.1) is 19.8 Å². The van der Waals surface area contributed by atoms with Crippen LogP contribution in [0.1, 0.15) is 12.1 Å². The standard InChI is InChI=1S/C17H29N5O.HI/c1-18-17(19-12-16-4-3-6-20(16)2)22-7-5-15(14-22)13-21-8-10-23-11-9-21;/h3-4,6,15H,5,7-14H2,1-2H3,(H,18,19);1H. The molecule has 3 rings (SSSR count). The van der Waals surface area contributed by atoms with Crippen LogP contribution in [0.4, 0.5) is 0 Å². The van der Waals surface area contributed by atoms with E-state index in [4.69, 9.17) is 4.74 Å². The molecule has 0 spiro atoms. The minimum absolute atomic E-state index is 0. The molecular formula is C17H30IN5O. The summed E-state index contributed by atoms with van der Waals surface area (Å²) in [6.45, 7) is 8.14. The third-order valence-electron chi connectivity index (χ3n) is 4.90. The van der Waals surface area contributed by atoms with Crippen molar-refractivity contribution in [1.82, 2.24) is 19.7 Å². The zero-order chi connectivity index (χ0) is 16.1. The van der Waals surface area contributed by atoms with Crippen molar-refractivity contribution >= 4 is 29.9 Å². The Morgan fingerprint density at radius 2 is 2.12 bits per heavy atom. The maximum atomic E-state index is 5.43. The van der Waals surface area contributed by atoms with Crippen LogP contribution in [0.3, 0.4) is 0 Å². The predicted octanol–water partition coefficient (Wildman–Crippen LogP) is 1.37. The van der Waals surface area contributed by atoms with Gasteiger partial charge in [-0.15, -0.1) is 24.0 Å². The Morgan fingerprint density at radius 1 is 1.33 bits per heavy atom. The van der Waals surface area contributed by atoms with E-state index >= 15 is 0 Å². The minimum Gasteiger partial charge on any atom is -0.379 e. The van der Waals surface area contributed by atoms with E-state index in [9.17, 15) is 0 Å². The van der Waals surface area contributed by atoms with Crippen molar-refractivity contribution in [3.8, 4) is 0 Å². The summed E-state index contributed by atoms with van der Waals surface area (Å²) in [5, 5.41) is 3.50. The summed E-state index contributed by atoms with van der Waals surface area (Å²) in [4.78, 5) is 9.41. The Balaban J connectivity index is 0.00000208. The van der Waals surface area contributed by atoms with E-state index in [1.807, 2.05) is 7.05 Å². The third-order valence-corrected chi connectivity index (χ3v) is 4.90. The second-order valence-corrected chi connectivity index (χ2v) is 6.52. The Kier molecular flexibility index (Phi) is 7.83. The highest BCUT2D eigenvalue weighted by molar-refractivity contribution is 14.0. The number of guanidine groups is 1. The molecule has 1 aromatic heterocycles. The lowest BCUT2D eigenvalue weighted by Gasteiger charge is -2.29. The molecule has 2 aliphatic rings. The van der Waals surface area contributed by atoms with Crippen molar-refractivity contribution in [3.63, 3.8) is 0 Å². The molecule has 2 aliphatic heterocycles. The summed E-state index contributed by atoms with van der Waals surface area (Å²) in [6, 6.07) is 4.22. The molecule has 0 aromatic carbocycles. The average molecular weight is 447 g/mol. The van der Waals surface area contributed by atoms with Crippen molar-refractivity contribution in [3.05, 3.63) is 24.0 Å². The fraction of sp³-hybridized carbons (Fsp3) is 0.706. The largest absolute Gasteiger partial charge is 0.379 e. The van der Waals surface area contributed by atoms with Gasteiger partial charge in [0.1, 0.15) is 0 Å². The number of rotatable bonds is 4. The number of hydrogen-bond acceptors (Lipinski definition) is 3. The molecule has 7 heteroatoms. The van der Waals surface area contributed by atoms with Crippen LogP contribution in [0.2, 0.25) is 0 Å². The van der Waals surface area contributed by atoms with E-state index in [0.717, 1.165) is 57.8 Å². The van der Waals surface area contributed by atoms with Gasteiger partial charge in [0, 0.05) is 58.7 Å². The number of morpholine rings is 1. The summed E-state index contributed by atoms with van der Waals surface area (Å²) in [7, 11) is 3.95. The van der Waals surface area contributed by atoms with Gasteiger partial charge < -0.3 is 19.5 Å². The molecule has 24 heavy (non-hydrogen) atoms. The number of nitrogens with one attached hydrogen (secondary N) is 1. The van der Waals surface area contributed by atoms with Gasteiger partial charge in [-0.25, -0.2) is 0 Å². The van der Waals surface area contributed by atoms with E-state index in [-0.39, 0.29) is 24.0 Å². The number of halogens is 1. The molecule has 0 amide bonds. The summed E-state index contributed by atoms with van der Waals surface area (Å²) in [5.41, 5.74) is 1.27. The van der Waals surface area contributed by atoms with Crippen molar-refractivity contribution in [2.24, 2.45) is 18.0 Å².